The molecule has 1 aliphatic carbocycles. The number of rotatable bonds is 12. The predicted molar refractivity (Wildman–Crippen MR) is 166 cm³/mol. The average Bonchev–Trinajstić information content (AvgIpc) is 3.75. The van der Waals surface area contributed by atoms with Crippen LogP contribution < -0.4 is 9.64 Å². The van der Waals surface area contributed by atoms with Gasteiger partial charge >= 0.3 is 0 Å². The number of hydrogen-bond acceptors (Lipinski definition) is 8. The molecule has 234 valence electrons. The lowest BCUT2D eigenvalue weighted by Crippen LogP contribution is -2.35. The summed E-state index contributed by atoms with van der Waals surface area (Å²) in [6.07, 6.45) is 5.41. The Kier molecular flexibility index (Phi) is 8.95. The topological polar surface area (TPSA) is 132 Å². The second kappa shape index (κ2) is 13.2. The van der Waals surface area contributed by atoms with E-state index in [0.29, 0.717) is 36.7 Å². The minimum Gasteiger partial charge on any atom is -0.489 e. The summed E-state index contributed by atoms with van der Waals surface area (Å²) < 4.78 is 18.3. The fourth-order valence-electron chi connectivity index (χ4n) is 6.96. The van der Waals surface area contributed by atoms with E-state index in [2.05, 4.69) is 6.92 Å². The van der Waals surface area contributed by atoms with E-state index in [9.17, 15) is 24.8 Å². The van der Waals surface area contributed by atoms with E-state index >= 15 is 0 Å². The molecule has 10 heteroatoms. The number of hydrogen-bond donors (Lipinski definition) is 1. The number of ether oxygens (including phenoxy) is 2. The number of carbonyl (C=O) groups excluding carboxylic acids is 2. The van der Waals surface area contributed by atoms with Gasteiger partial charge in [-0.15, -0.1) is 0 Å². The van der Waals surface area contributed by atoms with E-state index in [1.807, 2.05) is 42.5 Å². The van der Waals surface area contributed by atoms with Crippen LogP contribution in [-0.2, 0) is 20.9 Å². The monoisotopic (exact) mass is 612 g/mol. The Balaban J connectivity index is 1.28. The molecule has 1 N–H and O–H groups in total. The first-order valence-corrected chi connectivity index (χ1v) is 15.4. The number of nitro benzene ring substituents is 1. The van der Waals surface area contributed by atoms with Crippen LogP contribution in [0.4, 0.5) is 11.4 Å². The second-order valence-corrected chi connectivity index (χ2v) is 11.8. The molecule has 2 aromatic carbocycles. The number of furan rings is 1. The van der Waals surface area contributed by atoms with Crippen molar-refractivity contribution >= 4 is 29.3 Å². The minimum atomic E-state index is -0.608. The highest BCUT2D eigenvalue weighted by Gasteiger charge is 2.57. The molecule has 0 spiro atoms. The van der Waals surface area contributed by atoms with Crippen LogP contribution in [0.2, 0.25) is 0 Å². The fourth-order valence-corrected chi connectivity index (χ4v) is 6.96. The Labute approximate surface area is 261 Å². The highest BCUT2D eigenvalue weighted by molar-refractivity contribution is 6.22. The van der Waals surface area contributed by atoms with Crippen LogP contribution in [0.15, 0.2) is 87.9 Å². The van der Waals surface area contributed by atoms with Gasteiger partial charge in [-0.2, -0.15) is 0 Å². The SMILES string of the molecule is CCC/C(=C\c1ccc(CO)o1)CC[C@H]1OC[C@H]2C1=C(COc1ccccc1)C[C@H]1C(=O)N(c3cccc([N+](=O)[O-])c3)C(=O)[C@H]12. The van der Waals surface area contributed by atoms with Gasteiger partial charge < -0.3 is 19.0 Å². The zero-order chi connectivity index (χ0) is 31.5. The Hall–Kier alpha value is -4.54. The summed E-state index contributed by atoms with van der Waals surface area (Å²) in [4.78, 5) is 39.8. The van der Waals surface area contributed by atoms with Gasteiger partial charge in [0.05, 0.1) is 35.2 Å². The van der Waals surface area contributed by atoms with Crippen LogP contribution in [0.25, 0.3) is 6.08 Å². The quantitative estimate of drug-likeness (QED) is 0.110. The van der Waals surface area contributed by atoms with Crippen molar-refractivity contribution in [3.63, 3.8) is 0 Å². The van der Waals surface area contributed by atoms with Crippen LogP contribution in [-0.4, -0.2) is 41.2 Å². The first-order chi connectivity index (χ1) is 21.9. The van der Waals surface area contributed by atoms with Crippen molar-refractivity contribution in [3.8, 4) is 5.75 Å². The third-order valence-corrected chi connectivity index (χ3v) is 8.95. The number of aliphatic hydroxyl groups is 1. The van der Waals surface area contributed by atoms with Gasteiger partial charge in [-0.3, -0.25) is 19.7 Å². The van der Waals surface area contributed by atoms with Crippen LogP contribution in [0.1, 0.15) is 50.5 Å². The van der Waals surface area contributed by atoms with Gasteiger partial charge in [0, 0.05) is 18.1 Å². The van der Waals surface area contributed by atoms with Crippen molar-refractivity contribution in [1.29, 1.82) is 0 Å². The summed E-state index contributed by atoms with van der Waals surface area (Å²) in [5.41, 5.74) is 3.23. The van der Waals surface area contributed by atoms with E-state index < -0.39 is 16.8 Å². The third kappa shape index (κ3) is 6.21. The van der Waals surface area contributed by atoms with Gasteiger partial charge in [-0.25, -0.2) is 4.90 Å². The molecule has 4 atom stereocenters. The molecule has 3 aliphatic rings. The molecule has 0 saturated carbocycles. The van der Waals surface area contributed by atoms with E-state index in [0.717, 1.165) is 35.3 Å². The van der Waals surface area contributed by atoms with Crippen molar-refractivity contribution in [3.05, 3.63) is 105 Å². The molecule has 10 nitrogen and oxygen atoms in total. The number of para-hydroxylation sites is 1. The molecular formula is C35H36N2O8. The zero-order valence-electron chi connectivity index (χ0n) is 25.1. The van der Waals surface area contributed by atoms with Gasteiger partial charge in [0.2, 0.25) is 11.8 Å². The first-order valence-electron chi connectivity index (χ1n) is 15.4. The van der Waals surface area contributed by atoms with E-state index in [1.54, 1.807) is 12.1 Å². The number of nitrogens with zero attached hydrogens (tertiary/aromatic N) is 2. The Morgan fingerprint density at radius 2 is 1.89 bits per heavy atom. The number of carbonyl (C=O) groups is 2. The largest absolute Gasteiger partial charge is 0.489 e. The second-order valence-electron chi connectivity index (χ2n) is 11.8. The first kappa shape index (κ1) is 30.5. The van der Waals surface area contributed by atoms with Crippen molar-refractivity contribution < 1.29 is 33.5 Å². The average molecular weight is 613 g/mol. The minimum absolute atomic E-state index is 0.155. The number of anilines is 1. The number of benzene rings is 2. The highest BCUT2D eigenvalue weighted by atomic mass is 16.6. The summed E-state index contributed by atoms with van der Waals surface area (Å²) in [5, 5.41) is 20.8. The Morgan fingerprint density at radius 1 is 1.07 bits per heavy atom. The Morgan fingerprint density at radius 3 is 2.62 bits per heavy atom. The molecule has 0 bridgehead atoms. The smallest absolute Gasteiger partial charge is 0.271 e. The molecule has 2 saturated heterocycles. The molecule has 2 fully saturated rings. The number of imide groups is 1. The molecule has 0 unspecified atom stereocenters. The summed E-state index contributed by atoms with van der Waals surface area (Å²) in [7, 11) is 0. The van der Waals surface area contributed by atoms with Gasteiger partial charge in [0.15, 0.2) is 0 Å². The van der Waals surface area contributed by atoms with Crippen LogP contribution in [0.3, 0.4) is 0 Å². The summed E-state index contributed by atoms with van der Waals surface area (Å²) in [5.74, 6) is -0.275. The molecule has 45 heavy (non-hydrogen) atoms. The van der Waals surface area contributed by atoms with Crippen molar-refractivity contribution in [2.24, 2.45) is 17.8 Å². The van der Waals surface area contributed by atoms with Crippen molar-refractivity contribution in [2.75, 3.05) is 18.1 Å². The zero-order valence-corrected chi connectivity index (χ0v) is 25.1. The predicted octanol–water partition coefficient (Wildman–Crippen LogP) is 6.24. The number of fused-ring (bicyclic) bond motifs is 3. The maximum Gasteiger partial charge on any atom is 0.271 e. The lowest BCUT2D eigenvalue weighted by atomic mass is 9.69. The maximum absolute atomic E-state index is 13.9. The standard InChI is InChI=1S/C35H36N2O8/c1-2-7-22(16-27-13-14-28(19-38)45-27)12-15-31-32-23(20-43-26-10-4-3-5-11-26)17-29-33(30(32)21-44-31)35(40)36(34(29)39)24-8-6-9-25(18-24)37(41)42/h3-6,8-11,13-14,16,18,29-31,33,38H,2,7,12,15,17,19-21H2,1H3/b22-16+/t29-,30+,31-,33-/m1/s1. The van der Waals surface area contributed by atoms with E-state index in [4.69, 9.17) is 13.9 Å². The van der Waals surface area contributed by atoms with Gasteiger partial charge in [0.1, 0.15) is 30.5 Å². The van der Waals surface area contributed by atoms with Gasteiger partial charge in [-0.1, -0.05) is 43.2 Å². The summed E-state index contributed by atoms with van der Waals surface area (Å²) in [6.45, 7) is 2.54. The molecule has 3 aromatic rings. The molecule has 2 amide bonds. The summed E-state index contributed by atoms with van der Waals surface area (Å²) in [6, 6.07) is 18.7. The highest BCUT2D eigenvalue weighted by Crippen LogP contribution is 2.51. The molecule has 1 aromatic heterocycles. The number of amides is 2. The number of non-ortho nitro benzene ring substituents is 1. The van der Waals surface area contributed by atoms with E-state index in [1.165, 1.54) is 23.8 Å². The molecule has 6 rings (SSSR count). The Bertz CT molecular complexity index is 1640. The maximum atomic E-state index is 13.9. The molecule has 0 radical (unpaired) electrons. The van der Waals surface area contributed by atoms with Gasteiger partial charge in [-0.05, 0) is 73.2 Å². The lowest BCUT2D eigenvalue weighted by molar-refractivity contribution is -0.384. The normalized spacial score (nSPS) is 23.0. The van der Waals surface area contributed by atoms with Crippen LogP contribution in [0.5, 0.6) is 5.75 Å². The number of allylic oxidation sites excluding steroid dienone is 1. The molecule has 3 heterocycles. The molecule has 2 aliphatic heterocycles. The number of nitro groups is 1. The van der Waals surface area contributed by atoms with Gasteiger partial charge in [0.25, 0.3) is 5.69 Å². The third-order valence-electron chi connectivity index (χ3n) is 8.95. The summed E-state index contributed by atoms with van der Waals surface area (Å²) >= 11 is 0. The lowest BCUT2D eigenvalue weighted by Gasteiger charge is -2.31. The van der Waals surface area contributed by atoms with Crippen LogP contribution >= 0.6 is 0 Å². The van der Waals surface area contributed by atoms with Crippen molar-refractivity contribution in [2.45, 2.75) is 51.7 Å². The number of aliphatic hydroxyl groups excluding tert-OH is 1. The fraction of sp³-hybridized carbons (Fsp3) is 0.371. The van der Waals surface area contributed by atoms with E-state index in [-0.39, 0.29) is 48.4 Å². The van der Waals surface area contributed by atoms with Crippen LogP contribution in [0, 0.1) is 27.9 Å². The van der Waals surface area contributed by atoms with Crippen molar-refractivity contribution in [1.82, 2.24) is 0 Å². The molecular weight excluding hydrogens is 576 g/mol.